The summed E-state index contributed by atoms with van der Waals surface area (Å²) in [5.41, 5.74) is 0.129. The van der Waals surface area contributed by atoms with E-state index in [-0.39, 0.29) is 56.3 Å². The second kappa shape index (κ2) is 11.9. The van der Waals surface area contributed by atoms with Crippen molar-refractivity contribution in [2.45, 2.75) is 0 Å². The Morgan fingerprint density at radius 2 is 1.12 bits per heavy atom. The molecular formula is C46H28N2S2. The zero-order valence-corrected chi connectivity index (χ0v) is 27.0. The number of nitrogens with zero attached hydrogens (tertiary/aromatic N) is 2. The van der Waals surface area contributed by atoms with Crippen molar-refractivity contribution in [3.63, 3.8) is 0 Å². The molecule has 0 atom stereocenters. The quantitative estimate of drug-likeness (QED) is 0.179. The van der Waals surface area contributed by atoms with Crippen LogP contribution < -0.4 is 0 Å². The third-order valence-electron chi connectivity index (χ3n) is 8.15. The van der Waals surface area contributed by atoms with Gasteiger partial charge in [0.1, 0.15) is 6.33 Å². The van der Waals surface area contributed by atoms with E-state index in [1.54, 1.807) is 42.5 Å². The molecule has 0 aliphatic heterocycles. The molecule has 0 spiro atoms. The first-order chi connectivity index (χ1) is 33.1. The summed E-state index contributed by atoms with van der Waals surface area (Å²) >= 11 is 2.35. The minimum absolute atomic E-state index is 0.111. The lowest BCUT2D eigenvalue weighted by Crippen LogP contribution is -1.87. The molecule has 50 heavy (non-hydrogen) atoms. The summed E-state index contributed by atoms with van der Waals surface area (Å²) < 4.78 is 175. The molecule has 3 heterocycles. The van der Waals surface area contributed by atoms with Crippen molar-refractivity contribution in [3.8, 4) is 55.8 Å². The first-order valence-electron chi connectivity index (χ1n) is 25.1. The van der Waals surface area contributed by atoms with Crippen molar-refractivity contribution >= 4 is 63.1 Å². The summed E-state index contributed by atoms with van der Waals surface area (Å²) in [5, 5.41) is 0.816. The Bertz CT molecular complexity index is 3980. The summed E-state index contributed by atoms with van der Waals surface area (Å²) in [6, 6.07) is 0.0334. The number of hydrogen-bond donors (Lipinski definition) is 0. The fraction of sp³-hybridized carbons (Fsp3) is 0. The van der Waals surface area contributed by atoms with Gasteiger partial charge in [-0.2, -0.15) is 0 Å². The SMILES string of the molecule is [2H]c1c([2H])c([2H])c(-c2c([2H])c([2H])c(-c3c([2H])c([2H])c([2H])c(-c4ccc5sc6c(-c7cccc(-c8c([2H])c([2H])c([2H])c9c8sc8c([2H])c([2H])c([2H])c([2H])c89)c7)ncnc6c5c4)c3[2H])c([2H])c2[2H])c([2H])c1[2H]. The molecule has 0 N–H and O–H groups in total. The summed E-state index contributed by atoms with van der Waals surface area (Å²) in [6.45, 7) is 0. The zero-order chi connectivity index (χ0) is 50.4. The second-order valence-corrected chi connectivity index (χ2v) is 13.1. The third-order valence-corrected chi connectivity index (χ3v) is 10.4. The van der Waals surface area contributed by atoms with Gasteiger partial charge in [0.05, 0.1) is 43.3 Å². The van der Waals surface area contributed by atoms with Gasteiger partial charge in [0.2, 0.25) is 0 Å². The smallest absolute Gasteiger partial charge is 0.116 e. The lowest BCUT2D eigenvalue weighted by molar-refractivity contribution is 1.24. The fourth-order valence-corrected chi connectivity index (χ4v) is 8.08. The first-order valence-corrected chi connectivity index (χ1v) is 16.7. The number of rotatable bonds is 5. The minimum atomic E-state index is -0.804. The molecule has 234 valence electrons. The van der Waals surface area contributed by atoms with E-state index in [9.17, 15) is 1.37 Å². The van der Waals surface area contributed by atoms with Crippen LogP contribution >= 0.6 is 22.7 Å². The lowest BCUT2D eigenvalue weighted by atomic mass is 9.96. The number of hydrogen-bond acceptors (Lipinski definition) is 4. The predicted molar refractivity (Wildman–Crippen MR) is 215 cm³/mol. The maximum Gasteiger partial charge on any atom is 0.116 e. The molecule has 10 aromatic rings. The normalized spacial score (nSPS) is 17.2. The van der Waals surface area contributed by atoms with Gasteiger partial charge in [0, 0.05) is 35.8 Å². The van der Waals surface area contributed by atoms with E-state index in [0.29, 0.717) is 41.8 Å². The van der Waals surface area contributed by atoms with E-state index in [1.807, 2.05) is 0 Å². The molecule has 0 amide bonds. The molecule has 0 bridgehead atoms. The Balaban J connectivity index is 1.12. The van der Waals surface area contributed by atoms with Crippen LogP contribution in [0.4, 0.5) is 0 Å². The van der Waals surface area contributed by atoms with Crippen molar-refractivity contribution in [2.24, 2.45) is 0 Å². The van der Waals surface area contributed by atoms with Crippen molar-refractivity contribution in [3.05, 3.63) is 170 Å². The second-order valence-electron chi connectivity index (χ2n) is 11.1. The molecule has 0 unspecified atom stereocenters. The molecule has 4 heteroatoms. The topological polar surface area (TPSA) is 25.8 Å². The lowest BCUT2D eigenvalue weighted by Gasteiger charge is -2.08. The number of aromatic nitrogens is 2. The van der Waals surface area contributed by atoms with E-state index in [2.05, 4.69) is 9.97 Å². The average Bonchev–Trinajstić information content (AvgIpc) is 3.93. The maximum atomic E-state index is 9.40. The molecule has 10 rings (SSSR count). The standard InChI is InChI=1S/C46H28N2S2/c1-2-9-29(10-3-1)30-19-21-31(22-20-30)32-11-6-12-33(25-32)34-23-24-42-40(27-34)44-46(50-42)43(47-28-48-44)36-14-7-13-35(26-36)37-16-8-17-39-38-15-4-5-18-41(38)49-45(37)39/h1-28H/i1D,2D,3D,4D,5D,6D,8D,9D,10D,11D,12D,15D,16D,17D,18D,19D,20D,21D,22D,25D. The van der Waals surface area contributed by atoms with Crippen LogP contribution in [0.15, 0.2) is 170 Å². The zero-order valence-electron chi connectivity index (χ0n) is 45.3. The first kappa shape index (κ1) is 15.3. The van der Waals surface area contributed by atoms with E-state index in [0.717, 1.165) is 11.3 Å². The van der Waals surface area contributed by atoms with Crippen LogP contribution in [0.25, 0.3) is 96.2 Å². The molecule has 0 saturated carbocycles. The highest BCUT2D eigenvalue weighted by molar-refractivity contribution is 7.26. The van der Waals surface area contributed by atoms with E-state index < -0.39 is 119 Å². The molecule has 0 saturated heterocycles. The Labute approximate surface area is 325 Å². The summed E-state index contributed by atoms with van der Waals surface area (Å²) in [4.78, 5) is 9.23. The highest BCUT2D eigenvalue weighted by Gasteiger charge is 2.16. The Morgan fingerprint density at radius 3 is 2.00 bits per heavy atom. The molecule has 3 aromatic heterocycles. The Kier molecular flexibility index (Phi) is 3.64. The molecule has 2 nitrogen and oxygen atoms in total. The van der Waals surface area contributed by atoms with Crippen LogP contribution in [0.1, 0.15) is 27.4 Å². The van der Waals surface area contributed by atoms with Gasteiger partial charge in [0.25, 0.3) is 0 Å². The molecule has 7 aromatic carbocycles. The highest BCUT2D eigenvalue weighted by atomic mass is 32.1. The van der Waals surface area contributed by atoms with E-state index in [1.165, 1.54) is 17.7 Å². The van der Waals surface area contributed by atoms with Gasteiger partial charge in [-0.1, -0.05) is 133 Å². The molecule has 0 aliphatic carbocycles. The van der Waals surface area contributed by atoms with Gasteiger partial charge in [-0.05, 0) is 74.8 Å². The van der Waals surface area contributed by atoms with Crippen molar-refractivity contribution < 1.29 is 27.4 Å². The van der Waals surface area contributed by atoms with Crippen LogP contribution in [-0.4, -0.2) is 9.97 Å². The van der Waals surface area contributed by atoms with Gasteiger partial charge in [-0.15, -0.1) is 22.7 Å². The Morgan fingerprint density at radius 1 is 0.440 bits per heavy atom. The van der Waals surface area contributed by atoms with Gasteiger partial charge in [0.15, 0.2) is 0 Å². The Hall–Kier alpha value is -5.94. The van der Waals surface area contributed by atoms with Crippen molar-refractivity contribution in [2.75, 3.05) is 0 Å². The minimum Gasteiger partial charge on any atom is -0.235 e. The van der Waals surface area contributed by atoms with Gasteiger partial charge in [-0.3, -0.25) is 0 Å². The van der Waals surface area contributed by atoms with Gasteiger partial charge >= 0.3 is 0 Å². The van der Waals surface area contributed by atoms with Gasteiger partial charge < -0.3 is 0 Å². The largest absolute Gasteiger partial charge is 0.235 e. The van der Waals surface area contributed by atoms with Crippen LogP contribution in [-0.2, 0) is 0 Å². The molecule has 0 aliphatic rings. The van der Waals surface area contributed by atoms with E-state index in [4.69, 9.17) is 26.0 Å². The van der Waals surface area contributed by atoms with Crippen LogP contribution in [0, 0.1) is 0 Å². The average molecular weight is 693 g/mol. The predicted octanol–water partition coefficient (Wildman–Crippen LogP) is 13.5. The highest BCUT2D eigenvalue weighted by Crippen LogP contribution is 2.43. The number of thiophene rings is 2. The number of fused-ring (bicyclic) bond motifs is 6. The van der Waals surface area contributed by atoms with Crippen LogP contribution in [0.3, 0.4) is 0 Å². The molecular weight excluding hydrogens is 645 g/mol. The molecule has 0 fully saturated rings. The summed E-state index contributed by atoms with van der Waals surface area (Å²) in [5.74, 6) is 0. The van der Waals surface area contributed by atoms with Gasteiger partial charge in [-0.25, -0.2) is 9.97 Å². The van der Waals surface area contributed by atoms with Crippen molar-refractivity contribution in [1.82, 2.24) is 9.97 Å². The fourth-order valence-electron chi connectivity index (χ4n) is 5.84. The van der Waals surface area contributed by atoms with Crippen LogP contribution in [0.2, 0.25) is 0 Å². The van der Waals surface area contributed by atoms with E-state index >= 15 is 0 Å². The maximum absolute atomic E-state index is 9.40. The number of benzene rings is 7. The summed E-state index contributed by atoms with van der Waals surface area (Å²) in [6.07, 6.45) is 1.35. The van der Waals surface area contributed by atoms with Crippen LogP contribution in [0.5, 0.6) is 0 Å². The van der Waals surface area contributed by atoms with Crippen molar-refractivity contribution in [1.29, 1.82) is 0 Å². The summed E-state index contributed by atoms with van der Waals surface area (Å²) in [7, 11) is 0. The molecule has 0 radical (unpaired) electrons. The monoisotopic (exact) mass is 692 g/mol. The third kappa shape index (κ3) is 4.92.